The molecule has 2 fully saturated rings. The lowest BCUT2D eigenvalue weighted by Crippen LogP contribution is -2.44. The second-order valence-corrected chi connectivity index (χ2v) is 4.96. The van der Waals surface area contributed by atoms with Crippen LogP contribution >= 0.6 is 0 Å². The van der Waals surface area contributed by atoms with E-state index in [0.717, 1.165) is 51.7 Å². The summed E-state index contributed by atoms with van der Waals surface area (Å²) < 4.78 is 11.4. The fourth-order valence-corrected chi connectivity index (χ4v) is 2.86. The highest BCUT2D eigenvalue weighted by Crippen LogP contribution is 2.29. The molecule has 0 amide bonds. The van der Waals surface area contributed by atoms with Crippen LogP contribution in [0.2, 0.25) is 0 Å². The Labute approximate surface area is 102 Å². The molecular weight excluding hydrogens is 220 g/mol. The van der Waals surface area contributed by atoms with E-state index < -0.39 is 6.61 Å². The van der Waals surface area contributed by atoms with Gasteiger partial charge in [-0.2, -0.15) is 0 Å². The number of hydrogen-bond donors (Lipinski definition) is 1. The molecule has 0 aromatic carbocycles. The minimum absolute atomic E-state index is 0.0495. The number of aliphatic hydroxyl groups is 1. The van der Waals surface area contributed by atoms with Crippen LogP contribution in [0, 0.1) is 5.92 Å². The van der Waals surface area contributed by atoms with Gasteiger partial charge < -0.3 is 14.6 Å². The predicted octanol–water partition coefficient (Wildman–Crippen LogP) is 1.30. The Morgan fingerprint density at radius 2 is 1.59 bits per heavy atom. The van der Waals surface area contributed by atoms with Crippen LogP contribution in [0.5, 0.6) is 0 Å². The van der Waals surface area contributed by atoms with Gasteiger partial charge in [0.1, 0.15) is 6.61 Å². The van der Waals surface area contributed by atoms with Crippen LogP contribution in [0.3, 0.4) is 0 Å². The zero-order valence-corrected chi connectivity index (χ0v) is 10.3. The summed E-state index contributed by atoms with van der Waals surface area (Å²) in [7, 11) is 0. The zero-order valence-electron chi connectivity index (χ0n) is 10.3. The molecule has 0 aromatic heterocycles. The fraction of sp³-hybridized carbons (Fsp3) is 0.923. The average molecular weight is 242 g/mol. The molecule has 0 bridgehead atoms. The summed E-state index contributed by atoms with van der Waals surface area (Å²) in [5, 5.41) is 9.11. The smallest absolute Gasteiger partial charge is 0.166 e. The second kappa shape index (κ2) is 6.47. The van der Waals surface area contributed by atoms with Crippen LogP contribution in [0.4, 0.5) is 0 Å². The Balaban J connectivity index is 2.02. The number of aliphatic hydroxyl groups excluding tert-OH is 1. The van der Waals surface area contributed by atoms with Gasteiger partial charge >= 0.3 is 0 Å². The topological polar surface area (TPSA) is 55.8 Å². The number of Topliss-reactive ketones (excluding diaryl/α,β-unsaturated/α-hetero) is 1. The van der Waals surface area contributed by atoms with Crippen molar-refractivity contribution in [1.29, 1.82) is 0 Å². The molecule has 0 aromatic rings. The van der Waals surface area contributed by atoms with Crippen molar-refractivity contribution in [1.82, 2.24) is 0 Å². The maximum atomic E-state index is 11.9. The maximum absolute atomic E-state index is 11.9. The fourth-order valence-electron chi connectivity index (χ4n) is 2.86. The largest absolute Gasteiger partial charge is 0.389 e. The minimum Gasteiger partial charge on any atom is -0.389 e. The Kier molecular flexibility index (Phi) is 4.95. The van der Waals surface area contributed by atoms with Crippen LogP contribution in [0.25, 0.3) is 0 Å². The quantitative estimate of drug-likeness (QED) is 0.807. The molecule has 2 heterocycles. The summed E-state index contributed by atoms with van der Waals surface area (Å²) in [5.41, 5.74) is 0. The third-order valence-corrected chi connectivity index (χ3v) is 3.76. The van der Waals surface area contributed by atoms with E-state index >= 15 is 0 Å². The highest BCUT2D eigenvalue weighted by molar-refractivity contribution is 5.83. The SMILES string of the molecule is O=C(CO)C(C1CCCCO1)C1CCCCO1. The summed E-state index contributed by atoms with van der Waals surface area (Å²) in [6, 6.07) is 0. The van der Waals surface area contributed by atoms with E-state index in [-0.39, 0.29) is 23.9 Å². The summed E-state index contributed by atoms with van der Waals surface area (Å²) in [6.07, 6.45) is 6.08. The normalized spacial score (nSPS) is 32.1. The lowest BCUT2D eigenvalue weighted by Gasteiger charge is -2.36. The third-order valence-electron chi connectivity index (χ3n) is 3.76. The molecule has 2 saturated heterocycles. The second-order valence-electron chi connectivity index (χ2n) is 4.96. The summed E-state index contributed by atoms with van der Waals surface area (Å²) in [6.45, 7) is 1.06. The molecule has 0 radical (unpaired) electrons. The summed E-state index contributed by atoms with van der Waals surface area (Å²) in [5.74, 6) is -0.385. The van der Waals surface area contributed by atoms with Crippen molar-refractivity contribution in [3.05, 3.63) is 0 Å². The van der Waals surface area contributed by atoms with Crippen LogP contribution in [0.1, 0.15) is 38.5 Å². The summed E-state index contributed by atoms with van der Waals surface area (Å²) in [4.78, 5) is 11.9. The molecule has 2 atom stereocenters. The van der Waals surface area contributed by atoms with Gasteiger partial charge in [0.05, 0.1) is 18.1 Å². The van der Waals surface area contributed by atoms with E-state index in [2.05, 4.69) is 0 Å². The van der Waals surface area contributed by atoms with Gasteiger partial charge in [-0.3, -0.25) is 4.79 Å². The first kappa shape index (κ1) is 13.0. The molecule has 2 aliphatic rings. The highest BCUT2D eigenvalue weighted by Gasteiger charge is 2.37. The van der Waals surface area contributed by atoms with Crippen molar-refractivity contribution in [3.63, 3.8) is 0 Å². The van der Waals surface area contributed by atoms with Crippen LogP contribution in [-0.4, -0.2) is 42.9 Å². The molecule has 4 nitrogen and oxygen atoms in total. The number of ether oxygens (including phenoxy) is 2. The first-order valence-electron chi connectivity index (χ1n) is 6.69. The molecule has 2 unspecified atom stereocenters. The van der Waals surface area contributed by atoms with Crippen LogP contribution in [0.15, 0.2) is 0 Å². The van der Waals surface area contributed by atoms with E-state index in [0.29, 0.717) is 0 Å². The van der Waals surface area contributed by atoms with Gasteiger partial charge in [-0.15, -0.1) is 0 Å². The van der Waals surface area contributed by atoms with Crippen LogP contribution in [-0.2, 0) is 14.3 Å². The number of carbonyl (C=O) groups excluding carboxylic acids is 1. The van der Waals surface area contributed by atoms with E-state index in [1.54, 1.807) is 0 Å². The van der Waals surface area contributed by atoms with E-state index in [1.807, 2.05) is 0 Å². The molecule has 4 heteroatoms. The first-order valence-corrected chi connectivity index (χ1v) is 6.69. The van der Waals surface area contributed by atoms with Gasteiger partial charge in [0.25, 0.3) is 0 Å². The molecule has 17 heavy (non-hydrogen) atoms. The average Bonchev–Trinajstić information content (AvgIpc) is 2.41. The number of hydrogen-bond acceptors (Lipinski definition) is 4. The van der Waals surface area contributed by atoms with Crippen molar-refractivity contribution in [3.8, 4) is 0 Å². The van der Waals surface area contributed by atoms with E-state index in [1.165, 1.54) is 0 Å². The van der Waals surface area contributed by atoms with Crippen molar-refractivity contribution in [2.45, 2.75) is 50.7 Å². The van der Waals surface area contributed by atoms with Gasteiger partial charge in [-0.25, -0.2) is 0 Å². The Morgan fingerprint density at radius 3 is 1.94 bits per heavy atom. The van der Waals surface area contributed by atoms with Crippen molar-refractivity contribution >= 4 is 5.78 Å². The maximum Gasteiger partial charge on any atom is 0.166 e. The molecule has 2 rings (SSSR count). The van der Waals surface area contributed by atoms with Crippen LogP contribution < -0.4 is 0 Å². The Bertz CT molecular complexity index is 224. The van der Waals surface area contributed by atoms with Gasteiger partial charge in [0.2, 0.25) is 0 Å². The van der Waals surface area contributed by atoms with Crippen molar-refractivity contribution < 1.29 is 19.4 Å². The molecule has 0 saturated carbocycles. The van der Waals surface area contributed by atoms with Crippen molar-refractivity contribution in [2.24, 2.45) is 5.92 Å². The Morgan fingerprint density at radius 1 is 1.06 bits per heavy atom. The van der Waals surface area contributed by atoms with E-state index in [4.69, 9.17) is 14.6 Å². The number of ketones is 1. The van der Waals surface area contributed by atoms with Gasteiger partial charge in [0, 0.05) is 13.2 Å². The zero-order chi connectivity index (χ0) is 12.1. The monoisotopic (exact) mass is 242 g/mol. The molecule has 1 N–H and O–H groups in total. The van der Waals surface area contributed by atoms with E-state index in [9.17, 15) is 4.79 Å². The van der Waals surface area contributed by atoms with Gasteiger partial charge in [-0.05, 0) is 38.5 Å². The standard InChI is InChI=1S/C13H22O4/c14-9-10(15)13(11-5-1-3-7-16-11)12-6-2-4-8-17-12/h11-14H,1-9H2. The Hall–Kier alpha value is -0.450. The van der Waals surface area contributed by atoms with Gasteiger partial charge in [0.15, 0.2) is 5.78 Å². The highest BCUT2D eigenvalue weighted by atomic mass is 16.5. The number of carbonyl (C=O) groups is 1. The molecule has 0 spiro atoms. The predicted molar refractivity (Wildman–Crippen MR) is 62.8 cm³/mol. The number of rotatable bonds is 4. The molecule has 98 valence electrons. The summed E-state index contributed by atoms with van der Waals surface area (Å²) >= 11 is 0. The lowest BCUT2D eigenvalue weighted by molar-refractivity contribution is -0.146. The molecule has 0 aliphatic carbocycles. The molecular formula is C13H22O4. The first-order chi connectivity index (χ1) is 8.33. The van der Waals surface area contributed by atoms with Gasteiger partial charge in [-0.1, -0.05) is 0 Å². The van der Waals surface area contributed by atoms with Crippen molar-refractivity contribution in [2.75, 3.05) is 19.8 Å². The third kappa shape index (κ3) is 3.27. The lowest BCUT2D eigenvalue weighted by atomic mass is 9.84. The minimum atomic E-state index is -0.398. The molecule has 2 aliphatic heterocycles.